The highest BCUT2D eigenvalue weighted by atomic mass is 28.1. The maximum atomic E-state index is 3.06. The van der Waals surface area contributed by atoms with Gasteiger partial charge >= 0.3 is 0 Å². The Hall–Kier alpha value is -0.223. The van der Waals surface area contributed by atoms with Gasteiger partial charge in [0.05, 0.1) is 10.2 Å². The van der Waals surface area contributed by atoms with Crippen molar-refractivity contribution in [2.75, 3.05) is 0 Å². The van der Waals surface area contributed by atoms with Crippen molar-refractivity contribution in [2.45, 2.75) is 26.2 Å². The minimum atomic E-state index is 1.04. The van der Waals surface area contributed by atoms with Crippen molar-refractivity contribution in [3.05, 3.63) is 0 Å². The van der Waals surface area contributed by atoms with Gasteiger partial charge in [-0.3, -0.25) is 0 Å². The average molecular weight is 112 g/mol. The summed E-state index contributed by atoms with van der Waals surface area (Å²) in [5.74, 6) is 3.06. The molecule has 40 valence electrons. The van der Waals surface area contributed by atoms with Crippen LogP contribution in [-0.4, -0.2) is 10.2 Å². The molecule has 0 rings (SSSR count). The predicted molar refractivity (Wildman–Crippen MR) is 37.2 cm³/mol. The minimum Gasteiger partial charge on any atom is -0.144 e. The Bertz CT molecular complexity index is 75.9. The van der Waals surface area contributed by atoms with Crippen LogP contribution in [-0.2, 0) is 0 Å². The van der Waals surface area contributed by atoms with Gasteiger partial charge in [-0.25, -0.2) is 0 Å². The molecule has 0 aromatic rings. The molecule has 0 saturated heterocycles. The lowest BCUT2D eigenvalue weighted by atomic mass is 10.3. The zero-order chi connectivity index (χ0) is 5.54. The normalized spacial score (nSPS) is 7.57. The van der Waals surface area contributed by atoms with Crippen LogP contribution in [0.3, 0.4) is 0 Å². The van der Waals surface area contributed by atoms with Gasteiger partial charge in [-0.15, -0.1) is 11.5 Å². The van der Waals surface area contributed by atoms with Gasteiger partial charge in [0, 0.05) is 6.42 Å². The molecule has 0 radical (unpaired) electrons. The molecule has 0 nitrogen and oxygen atoms in total. The Kier molecular flexibility index (Phi) is 5.59. The summed E-state index contributed by atoms with van der Waals surface area (Å²) in [7, 11) is 1.04. The summed E-state index contributed by atoms with van der Waals surface area (Å²) in [6.45, 7) is 2.19. The van der Waals surface area contributed by atoms with E-state index >= 15 is 0 Å². The predicted octanol–water partition coefficient (Wildman–Crippen LogP) is 0.503. The highest BCUT2D eigenvalue weighted by Gasteiger charge is 1.72. The molecule has 0 aliphatic rings. The second-order valence-corrected chi connectivity index (χ2v) is 2.03. The quantitative estimate of drug-likeness (QED) is 0.277. The molecule has 0 aromatic carbocycles. The van der Waals surface area contributed by atoms with Crippen LogP contribution in [0.2, 0.25) is 0 Å². The average Bonchev–Trinajstić information content (AvgIpc) is 1.69. The molecular weight excluding hydrogens is 100 g/mol. The Morgan fingerprint density at radius 2 is 2.29 bits per heavy atom. The van der Waals surface area contributed by atoms with E-state index in [0.717, 1.165) is 16.7 Å². The smallest absolute Gasteiger partial charge is 0.0906 e. The van der Waals surface area contributed by atoms with Crippen LogP contribution in [0.4, 0.5) is 0 Å². The molecule has 0 fully saturated rings. The first-order chi connectivity index (χ1) is 3.41. The minimum absolute atomic E-state index is 1.04. The monoisotopic (exact) mass is 112 g/mol. The molecule has 0 bridgehead atoms. The van der Waals surface area contributed by atoms with Crippen molar-refractivity contribution >= 4 is 10.2 Å². The van der Waals surface area contributed by atoms with Crippen molar-refractivity contribution in [3.63, 3.8) is 0 Å². The first kappa shape index (κ1) is 6.78. The molecule has 0 amide bonds. The van der Waals surface area contributed by atoms with E-state index in [2.05, 4.69) is 18.4 Å². The van der Waals surface area contributed by atoms with Crippen LogP contribution in [0, 0.1) is 11.5 Å². The zero-order valence-electron chi connectivity index (χ0n) is 5.12. The van der Waals surface area contributed by atoms with E-state index in [4.69, 9.17) is 0 Å². The number of hydrogen-bond donors (Lipinski definition) is 0. The first-order valence-electron chi connectivity index (χ1n) is 2.81. The van der Waals surface area contributed by atoms with E-state index in [9.17, 15) is 0 Å². The number of unbranched alkanes of at least 4 members (excludes halogenated alkanes) is 2. The van der Waals surface area contributed by atoms with Gasteiger partial charge < -0.3 is 0 Å². The third kappa shape index (κ3) is 5.78. The van der Waals surface area contributed by atoms with Gasteiger partial charge in [0.15, 0.2) is 0 Å². The highest BCUT2D eigenvalue weighted by molar-refractivity contribution is 6.22. The molecule has 0 unspecified atom stereocenters. The van der Waals surface area contributed by atoms with Gasteiger partial charge in [-0.1, -0.05) is 13.3 Å². The fourth-order valence-corrected chi connectivity index (χ4v) is 0.640. The van der Waals surface area contributed by atoms with Crippen molar-refractivity contribution in [3.8, 4) is 11.5 Å². The van der Waals surface area contributed by atoms with Crippen LogP contribution in [0.1, 0.15) is 26.2 Å². The summed E-state index contributed by atoms with van der Waals surface area (Å²) in [4.78, 5) is 0. The van der Waals surface area contributed by atoms with E-state index < -0.39 is 0 Å². The summed E-state index contributed by atoms with van der Waals surface area (Å²) in [6.07, 6.45) is 3.66. The fourth-order valence-electron chi connectivity index (χ4n) is 0.390. The molecule has 0 aliphatic heterocycles. The number of hydrogen-bond acceptors (Lipinski definition) is 0. The largest absolute Gasteiger partial charge is 0.144 e. The van der Waals surface area contributed by atoms with E-state index in [0.29, 0.717) is 0 Å². The number of rotatable bonds is 2. The van der Waals surface area contributed by atoms with Crippen molar-refractivity contribution in [1.82, 2.24) is 0 Å². The van der Waals surface area contributed by atoms with E-state index in [1.165, 1.54) is 12.8 Å². The Labute approximate surface area is 48.7 Å². The van der Waals surface area contributed by atoms with Crippen molar-refractivity contribution in [2.24, 2.45) is 0 Å². The van der Waals surface area contributed by atoms with Gasteiger partial charge in [-0.2, -0.15) is 0 Å². The lowest BCUT2D eigenvalue weighted by Gasteiger charge is -1.80. The van der Waals surface area contributed by atoms with Crippen molar-refractivity contribution in [1.29, 1.82) is 0 Å². The molecular formula is C6H12Si. The highest BCUT2D eigenvalue weighted by Crippen LogP contribution is 1.89. The molecule has 7 heavy (non-hydrogen) atoms. The molecule has 0 aromatic heterocycles. The lowest BCUT2D eigenvalue weighted by molar-refractivity contribution is 0.828. The Morgan fingerprint density at radius 1 is 1.57 bits per heavy atom. The molecule has 0 heterocycles. The third-order valence-electron chi connectivity index (χ3n) is 0.832. The summed E-state index contributed by atoms with van der Waals surface area (Å²) in [5.41, 5.74) is 2.99. The molecule has 1 heteroatoms. The summed E-state index contributed by atoms with van der Waals surface area (Å²) < 4.78 is 0. The van der Waals surface area contributed by atoms with Crippen LogP contribution in [0.15, 0.2) is 0 Å². The summed E-state index contributed by atoms with van der Waals surface area (Å²) in [5, 5.41) is 0. The van der Waals surface area contributed by atoms with E-state index in [1.54, 1.807) is 0 Å². The van der Waals surface area contributed by atoms with Crippen LogP contribution >= 0.6 is 0 Å². The topological polar surface area (TPSA) is 0 Å². The maximum Gasteiger partial charge on any atom is 0.0906 e. The Morgan fingerprint density at radius 3 is 2.71 bits per heavy atom. The van der Waals surface area contributed by atoms with Crippen LogP contribution < -0.4 is 0 Å². The molecule has 0 N–H and O–H groups in total. The van der Waals surface area contributed by atoms with E-state index in [1.807, 2.05) is 0 Å². The first-order valence-corrected chi connectivity index (χ1v) is 3.81. The molecule has 0 atom stereocenters. The Balaban J connectivity index is 2.78. The fraction of sp³-hybridized carbons (Fsp3) is 0.667. The molecule has 0 spiro atoms. The lowest BCUT2D eigenvalue weighted by Crippen LogP contribution is -1.65. The summed E-state index contributed by atoms with van der Waals surface area (Å²) >= 11 is 0. The van der Waals surface area contributed by atoms with Gasteiger partial charge in [0.25, 0.3) is 0 Å². The van der Waals surface area contributed by atoms with Gasteiger partial charge in [0.1, 0.15) is 0 Å². The zero-order valence-corrected chi connectivity index (χ0v) is 7.12. The third-order valence-corrected chi connectivity index (χ3v) is 1.19. The standard InChI is InChI=1S/C6H12Si/c1-2-3-4-5-6-7/h2-4H2,1,7H3. The van der Waals surface area contributed by atoms with Gasteiger partial charge in [-0.05, 0) is 6.42 Å². The van der Waals surface area contributed by atoms with Crippen molar-refractivity contribution < 1.29 is 0 Å². The van der Waals surface area contributed by atoms with Crippen LogP contribution in [0.5, 0.6) is 0 Å². The second kappa shape index (κ2) is 5.78. The van der Waals surface area contributed by atoms with Gasteiger partial charge in [0.2, 0.25) is 0 Å². The molecule has 0 saturated carbocycles. The summed E-state index contributed by atoms with van der Waals surface area (Å²) in [6, 6.07) is 0. The maximum absolute atomic E-state index is 3.06. The van der Waals surface area contributed by atoms with E-state index in [-0.39, 0.29) is 0 Å². The SMILES string of the molecule is CCCCC#C[SiH3]. The van der Waals surface area contributed by atoms with Crippen LogP contribution in [0.25, 0.3) is 0 Å². The molecule has 0 aliphatic carbocycles. The second-order valence-electron chi connectivity index (χ2n) is 1.53.